The minimum Gasteiger partial charge on any atom is -0.316 e. The maximum Gasteiger partial charge on any atom is 0.000831 e. The summed E-state index contributed by atoms with van der Waals surface area (Å²) in [6.45, 7) is 9.46. The van der Waals surface area contributed by atoms with Crippen LogP contribution in [-0.4, -0.2) is 13.1 Å². The number of rotatable bonds is 2. The van der Waals surface area contributed by atoms with Crippen molar-refractivity contribution in [3.8, 4) is 0 Å². The van der Waals surface area contributed by atoms with Gasteiger partial charge in [-0.25, -0.2) is 0 Å². The Labute approximate surface area is 64.2 Å². The van der Waals surface area contributed by atoms with Crippen LogP contribution in [0.5, 0.6) is 0 Å². The van der Waals surface area contributed by atoms with Crippen molar-refractivity contribution in [2.45, 2.75) is 33.6 Å². The first-order valence-corrected chi connectivity index (χ1v) is 4.43. The molecule has 2 atom stereocenters. The zero-order valence-electron chi connectivity index (χ0n) is 7.41. The minimum absolute atomic E-state index is 0.592. The second kappa shape index (κ2) is 2.91. The second-order valence-corrected chi connectivity index (χ2v) is 3.74. The molecule has 0 bridgehead atoms. The third-order valence-electron chi connectivity index (χ3n) is 3.21. The lowest BCUT2D eigenvalue weighted by atomic mass is 9.76. The predicted molar refractivity (Wildman–Crippen MR) is 45.0 cm³/mol. The summed E-state index contributed by atoms with van der Waals surface area (Å²) in [5, 5.41) is 3.46. The molecule has 1 unspecified atom stereocenters. The summed E-state index contributed by atoms with van der Waals surface area (Å²) in [7, 11) is 0. The van der Waals surface area contributed by atoms with Gasteiger partial charge in [-0.1, -0.05) is 27.2 Å². The van der Waals surface area contributed by atoms with E-state index in [2.05, 4.69) is 26.1 Å². The van der Waals surface area contributed by atoms with Gasteiger partial charge in [0.2, 0.25) is 0 Å². The van der Waals surface area contributed by atoms with Crippen LogP contribution in [0.2, 0.25) is 0 Å². The first-order chi connectivity index (χ1) is 4.73. The Bertz CT molecular complexity index is 111. The maximum absolute atomic E-state index is 3.46. The highest BCUT2D eigenvalue weighted by molar-refractivity contribution is 4.89. The molecule has 1 heteroatoms. The van der Waals surface area contributed by atoms with Gasteiger partial charge < -0.3 is 5.32 Å². The van der Waals surface area contributed by atoms with Gasteiger partial charge in [0, 0.05) is 6.54 Å². The third kappa shape index (κ3) is 1.20. The molecule has 1 aliphatic rings. The van der Waals surface area contributed by atoms with Gasteiger partial charge in [0.05, 0.1) is 0 Å². The summed E-state index contributed by atoms with van der Waals surface area (Å²) in [5.74, 6) is 0.914. The molecule has 0 amide bonds. The molecule has 0 aromatic rings. The standard InChI is InChI=1S/C9H19N/c1-4-8-6-10-7-9(8,3)5-2/h8,10H,4-7H2,1-3H3/t8?,9-/m1/s1. The van der Waals surface area contributed by atoms with Crippen LogP contribution in [0.15, 0.2) is 0 Å². The molecule has 0 aromatic heterocycles. The summed E-state index contributed by atoms with van der Waals surface area (Å²) in [6.07, 6.45) is 2.65. The smallest absolute Gasteiger partial charge is 0.000831 e. The summed E-state index contributed by atoms with van der Waals surface area (Å²) >= 11 is 0. The molecule has 0 aliphatic carbocycles. The van der Waals surface area contributed by atoms with Crippen molar-refractivity contribution >= 4 is 0 Å². The van der Waals surface area contributed by atoms with Gasteiger partial charge in [0.15, 0.2) is 0 Å². The van der Waals surface area contributed by atoms with Crippen LogP contribution in [0.4, 0.5) is 0 Å². The van der Waals surface area contributed by atoms with Crippen molar-refractivity contribution in [1.82, 2.24) is 5.32 Å². The van der Waals surface area contributed by atoms with Gasteiger partial charge in [0.25, 0.3) is 0 Å². The van der Waals surface area contributed by atoms with Crippen LogP contribution in [0.1, 0.15) is 33.6 Å². The Morgan fingerprint density at radius 1 is 1.50 bits per heavy atom. The van der Waals surface area contributed by atoms with Crippen molar-refractivity contribution in [3.63, 3.8) is 0 Å². The Hall–Kier alpha value is -0.0400. The highest BCUT2D eigenvalue weighted by Crippen LogP contribution is 2.35. The molecule has 1 aliphatic heterocycles. The Morgan fingerprint density at radius 3 is 2.60 bits per heavy atom. The van der Waals surface area contributed by atoms with Crippen LogP contribution in [0, 0.1) is 11.3 Å². The zero-order valence-corrected chi connectivity index (χ0v) is 7.41. The van der Waals surface area contributed by atoms with E-state index in [4.69, 9.17) is 0 Å². The molecule has 10 heavy (non-hydrogen) atoms. The highest BCUT2D eigenvalue weighted by atomic mass is 14.9. The summed E-state index contributed by atoms with van der Waals surface area (Å²) in [5.41, 5.74) is 0.592. The van der Waals surface area contributed by atoms with E-state index < -0.39 is 0 Å². The average molecular weight is 141 g/mol. The van der Waals surface area contributed by atoms with Crippen LogP contribution in [0.3, 0.4) is 0 Å². The monoisotopic (exact) mass is 141 g/mol. The molecular formula is C9H19N. The van der Waals surface area contributed by atoms with Crippen molar-refractivity contribution in [1.29, 1.82) is 0 Å². The zero-order chi connectivity index (χ0) is 7.61. The molecule has 1 N–H and O–H groups in total. The Balaban J connectivity index is 2.56. The summed E-state index contributed by atoms with van der Waals surface area (Å²) in [6, 6.07) is 0. The first kappa shape index (κ1) is 8.06. The molecule has 0 radical (unpaired) electrons. The largest absolute Gasteiger partial charge is 0.316 e. The number of hydrogen-bond acceptors (Lipinski definition) is 1. The van der Waals surface area contributed by atoms with E-state index >= 15 is 0 Å². The van der Waals surface area contributed by atoms with E-state index in [0.29, 0.717) is 5.41 Å². The minimum atomic E-state index is 0.592. The molecule has 1 saturated heterocycles. The molecule has 1 nitrogen and oxygen atoms in total. The quantitative estimate of drug-likeness (QED) is 0.620. The second-order valence-electron chi connectivity index (χ2n) is 3.74. The fraction of sp³-hybridized carbons (Fsp3) is 1.00. The van der Waals surface area contributed by atoms with Gasteiger partial charge in [-0.15, -0.1) is 0 Å². The van der Waals surface area contributed by atoms with E-state index in [1.54, 1.807) is 0 Å². The summed E-state index contributed by atoms with van der Waals surface area (Å²) < 4.78 is 0. The lowest BCUT2D eigenvalue weighted by molar-refractivity contribution is 0.240. The van der Waals surface area contributed by atoms with Gasteiger partial charge in [0.1, 0.15) is 0 Å². The van der Waals surface area contributed by atoms with Crippen molar-refractivity contribution in [2.24, 2.45) is 11.3 Å². The number of hydrogen-bond donors (Lipinski definition) is 1. The SMILES string of the molecule is CCC1CNC[C@@]1(C)CC. The lowest BCUT2D eigenvalue weighted by Gasteiger charge is -2.28. The van der Waals surface area contributed by atoms with Gasteiger partial charge in [-0.3, -0.25) is 0 Å². The van der Waals surface area contributed by atoms with Crippen LogP contribution >= 0.6 is 0 Å². The predicted octanol–water partition coefficient (Wildman–Crippen LogP) is 2.03. The molecule has 0 aromatic carbocycles. The lowest BCUT2D eigenvalue weighted by Crippen LogP contribution is -2.24. The highest BCUT2D eigenvalue weighted by Gasteiger charge is 2.35. The van der Waals surface area contributed by atoms with E-state index in [1.165, 1.54) is 25.9 Å². The van der Waals surface area contributed by atoms with Crippen LogP contribution in [0.25, 0.3) is 0 Å². The summed E-state index contributed by atoms with van der Waals surface area (Å²) in [4.78, 5) is 0. The van der Waals surface area contributed by atoms with Crippen molar-refractivity contribution < 1.29 is 0 Å². The maximum atomic E-state index is 3.46. The molecule has 60 valence electrons. The van der Waals surface area contributed by atoms with Gasteiger partial charge in [-0.05, 0) is 24.3 Å². The Kier molecular flexibility index (Phi) is 2.35. The molecule has 1 heterocycles. The van der Waals surface area contributed by atoms with E-state index in [0.717, 1.165) is 5.92 Å². The first-order valence-electron chi connectivity index (χ1n) is 4.43. The van der Waals surface area contributed by atoms with Crippen molar-refractivity contribution in [3.05, 3.63) is 0 Å². The van der Waals surface area contributed by atoms with Gasteiger partial charge in [-0.2, -0.15) is 0 Å². The molecular weight excluding hydrogens is 122 g/mol. The van der Waals surface area contributed by atoms with Crippen molar-refractivity contribution in [2.75, 3.05) is 13.1 Å². The van der Waals surface area contributed by atoms with Crippen LogP contribution in [-0.2, 0) is 0 Å². The Morgan fingerprint density at radius 2 is 2.20 bits per heavy atom. The fourth-order valence-corrected chi connectivity index (χ4v) is 1.97. The topological polar surface area (TPSA) is 12.0 Å². The molecule has 0 saturated carbocycles. The van der Waals surface area contributed by atoms with Gasteiger partial charge >= 0.3 is 0 Å². The molecule has 0 spiro atoms. The van der Waals surface area contributed by atoms with E-state index in [9.17, 15) is 0 Å². The van der Waals surface area contributed by atoms with Crippen LogP contribution < -0.4 is 5.32 Å². The molecule has 1 fully saturated rings. The number of nitrogens with one attached hydrogen (secondary N) is 1. The normalized spacial score (nSPS) is 40.5. The fourth-order valence-electron chi connectivity index (χ4n) is 1.97. The molecule has 1 rings (SSSR count). The third-order valence-corrected chi connectivity index (χ3v) is 3.21. The van der Waals surface area contributed by atoms with E-state index in [-0.39, 0.29) is 0 Å². The average Bonchev–Trinajstić information content (AvgIpc) is 2.32. The van der Waals surface area contributed by atoms with E-state index in [1.807, 2.05) is 0 Å².